The summed E-state index contributed by atoms with van der Waals surface area (Å²) in [6.45, 7) is 6.92. The van der Waals surface area contributed by atoms with E-state index in [0.717, 1.165) is 53.3 Å². The molecule has 0 fully saturated rings. The first-order valence-corrected chi connectivity index (χ1v) is 16.0. The molecule has 5 aromatic carbocycles. The summed E-state index contributed by atoms with van der Waals surface area (Å²) >= 11 is 2.35. The predicted octanol–water partition coefficient (Wildman–Crippen LogP) is 8.54. The zero-order valence-corrected chi connectivity index (χ0v) is 27.6. The van der Waals surface area contributed by atoms with E-state index in [9.17, 15) is 9.59 Å². The topological polar surface area (TPSA) is 80.3 Å². The molecule has 0 unspecified atom stereocenters. The lowest BCUT2D eigenvalue weighted by molar-refractivity contribution is -0.150. The van der Waals surface area contributed by atoms with Crippen molar-refractivity contribution in [1.82, 2.24) is 0 Å². The molecule has 0 aromatic heterocycles. The van der Waals surface area contributed by atoms with Gasteiger partial charge in [0.1, 0.15) is 23.0 Å². The molecule has 45 heavy (non-hydrogen) atoms. The van der Waals surface area contributed by atoms with Gasteiger partial charge in [0, 0.05) is 20.6 Å². The number of ether oxygens (including phenoxy) is 5. The second-order valence-electron chi connectivity index (χ2n) is 11.5. The van der Waals surface area contributed by atoms with Crippen LogP contribution in [0.5, 0.6) is 23.0 Å². The van der Waals surface area contributed by atoms with Gasteiger partial charge in [-0.25, -0.2) is 9.59 Å². The monoisotopic (exact) mass is 716 g/mol. The molecule has 230 valence electrons. The Morgan fingerprint density at radius 1 is 0.689 bits per heavy atom. The molecule has 0 atom stereocenters. The van der Waals surface area contributed by atoms with Gasteiger partial charge >= 0.3 is 11.9 Å². The van der Waals surface area contributed by atoms with E-state index in [4.69, 9.17) is 23.7 Å². The summed E-state index contributed by atoms with van der Waals surface area (Å²) in [5, 5.41) is 3.99. The van der Waals surface area contributed by atoms with Crippen LogP contribution < -0.4 is 14.2 Å². The molecular weight excluding hydrogens is 683 g/mol. The van der Waals surface area contributed by atoms with E-state index in [1.807, 2.05) is 88.4 Å². The maximum atomic E-state index is 12.1. The quantitative estimate of drug-likeness (QED) is 0.110. The number of fused-ring (bicyclic) bond motifs is 6. The van der Waals surface area contributed by atoms with Crippen LogP contribution in [0.4, 0.5) is 0 Å². The van der Waals surface area contributed by atoms with Gasteiger partial charge in [0.25, 0.3) is 0 Å². The summed E-state index contributed by atoms with van der Waals surface area (Å²) < 4.78 is 29.7. The van der Waals surface area contributed by atoms with E-state index in [0.29, 0.717) is 11.5 Å². The van der Waals surface area contributed by atoms with Gasteiger partial charge in [-0.1, -0.05) is 36.4 Å². The maximum Gasteiger partial charge on any atom is 0.344 e. The normalized spacial score (nSPS) is 12.5. The predicted molar refractivity (Wildman–Crippen MR) is 182 cm³/mol. The van der Waals surface area contributed by atoms with Crippen molar-refractivity contribution in [3.8, 4) is 23.0 Å². The van der Waals surface area contributed by atoms with Crippen molar-refractivity contribution in [1.29, 1.82) is 0 Å². The summed E-state index contributed by atoms with van der Waals surface area (Å²) in [5.41, 5.74) is 3.25. The van der Waals surface area contributed by atoms with Crippen molar-refractivity contribution >= 4 is 56.1 Å². The zero-order chi connectivity index (χ0) is 31.7. The van der Waals surface area contributed by atoms with Gasteiger partial charge < -0.3 is 23.7 Å². The Kier molecular flexibility index (Phi) is 8.85. The highest BCUT2D eigenvalue weighted by Gasteiger charge is 2.32. The fourth-order valence-electron chi connectivity index (χ4n) is 5.74. The van der Waals surface area contributed by atoms with Crippen LogP contribution in [0, 0.1) is 3.57 Å². The summed E-state index contributed by atoms with van der Waals surface area (Å²) in [6.07, 6.45) is -0.400. The number of hydrogen-bond acceptors (Lipinski definition) is 7. The van der Waals surface area contributed by atoms with Crippen molar-refractivity contribution in [2.24, 2.45) is 0 Å². The number of esters is 2. The van der Waals surface area contributed by atoms with E-state index < -0.39 is 11.9 Å². The van der Waals surface area contributed by atoms with E-state index in [2.05, 4.69) is 46.9 Å². The summed E-state index contributed by atoms with van der Waals surface area (Å²) in [5.74, 6) is 1.80. The van der Waals surface area contributed by atoms with Crippen molar-refractivity contribution in [3.63, 3.8) is 0 Å². The Hall–Kier alpha value is -4.31. The first kappa shape index (κ1) is 30.7. The van der Waals surface area contributed by atoms with Crippen LogP contribution in [0.1, 0.15) is 50.3 Å². The number of benzene rings is 5. The lowest BCUT2D eigenvalue weighted by Gasteiger charge is -2.31. The molecule has 7 nitrogen and oxygen atoms in total. The Labute approximate surface area is 275 Å². The average Bonchev–Trinajstić information content (AvgIpc) is 3.00. The van der Waals surface area contributed by atoms with E-state index in [1.165, 1.54) is 0 Å². The lowest BCUT2D eigenvalue weighted by atomic mass is 9.78. The number of carbonyl (C=O) groups is 2. The van der Waals surface area contributed by atoms with Gasteiger partial charge in [-0.3, -0.25) is 0 Å². The fourth-order valence-corrected chi connectivity index (χ4v) is 6.30. The van der Waals surface area contributed by atoms with Crippen molar-refractivity contribution in [3.05, 3.63) is 105 Å². The third-order valence-electron chi connectivity index (χ3n) is 7.41. The highest BCUT2D eigenvalue weighted by atomic mass is 127. The molecule has 0 aliphatic carbocycles. The molecular formula is C37H33IO7. The largest absolute Gasteiger partial charge is 0.482 e. The van der Waals surface area contributed by atoms with Crippen LogP contribution in [0.2, 0.25) is 0 Å². The molecule has 1 aliphatic rings. The smallest absolute Gasteiger partial charge is 0.344 e. The van der Waals surface area contributed by atoms with Gasteiger partial charge in [0.2, 0.25) is 0 Å². The number of carbonyl (C=O) groups excluding carboxylic acids is 2. The molecule has 0 saturated carbocycles. The molecule has 1 aliphatic heterocycles. The van der Waals surface area contributed by atoms with Crippen LogP contribution in [0.25, 0.3) is 21.5 Å². The molecule has 1 heterocycles. The number of rotatable bonds is 9. The van der Waals surface area contributed by atoms with Crippen LogP contribution in [0.15, 0.2) is 84.9 Å². The van der Waals surface area contributed by atoms with Crippen LogP contribution in [-0.4, -0.2) is 37.4 Å². The first-order valence-electron chi connectivity index (χ1n) is 14.9. The standard InChI is InChI=1S/C37H33IO7/c1-21(2)43-33(39)19-41-27-10-12-29-23(17-27)8-14-31-36(29)35(25-6-5-7-26(38)16-25)37-30-13-11-28(42-20-34(40)44-22(3)4)18-24(30)9-15-32(37)45-31/h5-18,21-22,35H,19-20H2,1-4H3. The molecule has 0 N–H and O–H groups in total. The third kappa shape index (κ3) is 6.71. The molecule has 0 saturated heterocycles. The molecule has 0 spiro atoms. The van der Waals surface area contributed by atoms with Gasteiger partial charge in [0.15, 0.2) is 13.2 Å². The van der Waals surface area contributed by atoms with Gasteiger partial charge in [-0.2, -0.15) is 0 Å². The molecule has 0 amide bonds. The fraction of sp³-hybridized carbons (Fsp3) is 0.243. The third-order valence-corrected chi connectivity index (χ3v) is 8.08. The zero-order valence-electron chi connectivity index (χ0n) is 25.5. The molecule has 8 heteroatoms. The van der Waals surface area contributed by atoms with Gasteiger partial charge in [0.05, 0.1) is 12.2 Å². The summed E-state index contributed by atoms with van der Waals surface area (Å²) in [7, 11) is 0. The van der Waals surface area contributed by atoms with E-state index in [1.54, 1.807) is 0 Å². The van der Waals surface area contributed by atoms with Gasteiger partial charge in [-0.05, 0) is 126 Å². The average molecular weight is 717 g/mol. The lowest BCUT2D eigenvalue weighted by Crippen LogP contribution is -2.18. The van der Waals surface area contributed by atoms with Crippen molar-refractivity contribution < 1.29 is 33.3 Å². The van der Waals surface area contributed by atoms with Crippen LogP contribution in [0.3, 0.4) is 0 Å². The molecule has 6 rings (SSSR count). The minimum absolute atomic E-state index is 0.133. The first-order chi connectivity index (χ1) is 21.7. The van der Waals surface area contributed by atoms with Crippen LogP contribution >= 0.6 is 22.6 Å². The highest BCUT2D eigenvalue weighted by Crippen LogP contribution is 2.52. The SMILES string of the molecule is CC(C)OC(=O)COc1ccc2c3c(ccc2c1)Oc1ccc2cc(OCC(=O)OC(C)C)ccc2c1C3c1cccc(I)c1. The molecule has 0 radical (unpaired) electrons. The second-order valence-corrected chi connectivity index (χ2v) is 12.7. The number of halogens is 1. The number of hydrogen-bond donors (Lipinski definition) is 0. The maximum absolute atomic E-state index is 12.1. The highest BCUT2D eigenvalue weighted by molar-refractivity contribution is 14.1. The second kappa shape index (κ2) is 13.0. The Balaban J connectivity index is 1.42. The van der Waals surface area contributed by atoms with E-state index >= 15 is 0 Å². The van der Waals surface area contributed by atoms with Gasteiger partial charge in [-0.15, -0.1) is 0 Å². The minimum atomic E-state index is -0.407. The summed E-state index contributed by atoms with van der Waals surface area (Å²) in [6, 6.07) is 28.2. The minimum Gasteiger partial charge on any atom is -0.482 e. The Bertz CT molecular complexity index is 1800. The van der Waals surface area contributed by atoms with Crippen LogP contribution in [-0.2, 0) is 19.1 Å². The van der Waals surface area contributed by atoms with Crippen molar-refractivity contribution in [2.45, 2.75) is 45.8 Å². The van der Waals surface area contributed by atoms with Crippen molar-refractivity contribution in [2.75, 3.05) is 13.2 Å². The molecule has 0 bridgehead atoms. The van der Waals surface area contributed by atoms with E-state index in [-0.39, 0.29) is 31.3 Å². The Morgan fingerprint density at radius 2 is 1.20 bits per heavy atom. The molecule has 5 aromatic rings. The summed E-state index contributed by atoms with van der Waals surface area (Å²) in [4.78, 5) is 24.1. The Morgan fingerprint density at radius 3 is 1.67 bits per heavy atom.